The van der Waals surface area contributed by atoms with Crippen LogP contribution in [0, 0.1) is 0 Å². The Labute approximate surface area is 355 Å². The van der Waals surface area contributed by atoms with E-state index in [0.29, 0.717) is 5.82 Å². The van der Waals surface area contributed by atoms with Crippen LogP contribution in [-0.4, -0.2) is 9.97 Å². The summed E-state index contributed by atoms with van der Waals surface area (Å²) in [6.45, 7) is 0. The van der Waals surface area contributed by atoms with Crippen molar-refractivity contribution in [2.24, 2.45) is 0 Å². The third kappa shape index (κ3) is 5.57. The molecule has 11 aromatic rings. The van der Waals surface area contributed by atoms with Gasteiger partial charge in [-0.05, 0) is 95.0 Å². The molecule has 0 spiro atoms. The van der Waals surface area contributed by atoms with Gasteiger partial charge in [-0.3, -0.25) is 0 Å². The Balaban J connectivity index is 1.03. The predicted molar refractivity (Wildman–Crippen MR) is 254 cm³/mol. The lowest BCUT2D eigenvalue weighted by Crippen LogP contribution is -2.28. The van der Waals surface area contributed by atoms with E-state index in [1.54, 1.807) is 0 Å². The van der Waals surface area contributed by atoms with Gasteiger partial charge in [0.2, 0.25) is 0 Å². The van der Waals surface area contributed by atoms with Crippen molar-refractivity contribution in [1.82, 2.24) is 9.97 Å². The first-order valence-corrected chi connectivity index (χ1v) is 21.0. The van der Waals surface area contributed by atoms with Crippen molar-refractivity contribution in [3.8, 4) is 56.2 Å². The Morgan fingerprint density at radius 3 is 1.59 bits per heavy atom. The van der Waals surface area contributed by atoms with Crippen LogP contribution in [0.2, 0.25) is 0 Å². The quantitative estimate of drug-likeness (QED) is 0.124. The fraction of sp³-hybridized carbons (Fsp3) is 0.0169. The van der Waals surface area contributed by atoms with Gasteiger partial charge in [0.25, 0.3) is 0 Å². The minimum absolute atomic E-state index is 0.503. The minimum atomic E-state index is -0.503. The zero-order valence-corrected chi connectivity index (χ0v) is 33.3. The molecule has 12 rings (SSSR count). The highest BCUT2D eigenvalue weighted by atomic mass is 14.9. The summed E-state index contributed by atoms with van der Waals surface area (Å²) < 4.78 is 0. The Morgan fingerprint density at radius 2 is 0.852 bits per heavy atom. The lowest BCUT2D eigenvalue weighted by Gasteiger charge is -2.34. The van der Waals surface area contributed by atoms with Crippen molar-refractivity contribution >= 4 is 32.3 Å². The van der Waals surface area contributed by atoms with Crippen LogP contribution < -0.4 is 0 Å². The monoisotopic (exact) mass is 774 g/mol. The number of hydrogen-bond donors (Lipinski definition) is 0. The number of hydrogen-bond acceptors (Lipinski definition) is 2. The lowest BCUT2D eigenvalue weighted by molar-refractivity contribution is 0.768. The molecule has 0 fully saturated rings. The van der Waals surface area contributed by atoms with Crippen molar-refractivity contribution in [3.63, 3.8) is 0 Å². The molecule has 1 heterocycles. The summed E-state index contributed by atoms with van der Waals surface area (Å²) >= 11 is 0. The average Bonchev–Trinajstić information content (AvgIpc) is 3.64. The molecular weight excluding hydrogens is 737 g/mol. The van der Waals surface area contributed by atoms with Gasteiger partial charge >= 0.3 is 0 Å². The number of nitrogens with zero attached hydrogens (tertiary/aromatic N) is 2. The fourth-order valence-corrected chi connectivity index (χ4v) is 10.0. The summed E-state index contributed by atoms with van der Waals surface area (Å²) in [4.78, 5) is 10.6. The van der Waals surface area contributed by atoms with E-state index in [0.717, 1.165) is 28.1 Å². The predicted octanol–water partition coefficient (Wildman–Crippen LogP) is 15.0. The Morgan fingerprint density at radius 1 is 0.295 bits per heavy atom. The standard InChI is InChI=1S/C59H38N2/c1-4-17-42(18-5-1)58-60-55(40-28-30-41(31-29-40)57-48-25-13-11-19-43(48)36-52-47-24-12-10-16-39(47)32-35-51(52)57)38-56(61-58)44-33-34-50-49-26-14-15-27-53(49)59(54(50)37-44,45-20-6-2-7-21-45)46-22-8-3-9-23-46/h1-38H. The number of benzene rings is 10. The Bertz CT molecular complexity index is 3410. The van der Waals surface area contributed by atoms with Crippen molar-refractivity contribution < 1.29 is 0 Å². The number of aromatic nitrogens is 2. The van der Waals surface area contributed by atoms with Crippen LogP contribution in [0.5, 0.6) is 0 Å². The SMILES string of the molecule is c1ccc(-c2nc(-c3ccc(-c4c5ccccc5cc5c4ccc4ccccc45)cc3)cc(-c3ccc4c(c3)C(c3ccccc3)(c3ccccc3)c3ccccc3-4)n2)cc1. The molecule has 0 radical (unpaired) electrons. The summed E-state index contributed by atoms with van der Waals surface area (Å²) in [6.07, 6.45) is 0. The molecule has 0 amide bonds. The average molecular weight is 775 g/mol. The maximum atomic E-state index is 5.31. The van der Waals surface area contributed by atoms with Gasteiger partial charge in [-0.1, -0.05) is 212 Å². The molecule has 2 heteroatoms. The van der Waals surface area contributed by atoms with Crippen LogP contribution in [0.1, 0.15) is 22.3 Å². The van der Waals surface area contributed by atoms with Gasteiger partial charge in [0.05, 0.1) is 16.8 Å². The van der Waals surface area contributed by atoms with Gasteiger partial charge in [0, 0.05) is 16.7 Å². The smallest absolute Gasteiger partial charge is 0.160 e. The summed E-state index contributed by atoms with van der Waals surface area (Å²) in [5.74, 6) is 0.699. The third-order valence-electron chi connectivity index (χ3n) is 12.8. The van der Waals surface area contributed by atoms with E-state index in [-0.39, 0.29) is 0 Å². The highest BCUT2D eigenvalue weighted by Crippen LogP contribution is 2.56. The van der Waals surface area contributed by atoms with E-state index in [1.165, 1.54) is 76.8 Å². The summed E-state index contributed by atoms with van der Waals surface area (Å²) in [6, 6.07) is 83.5. The van der Waals surface area contributed by atoms with Crippen LogP contribution in [0.15, 0.2) is 231 Å². The Hall–Kier alpha value is -7.94. The molecule has 0 saturated heterocycles. The highest BCUT2D eigenvalue weighted by Gasteiger charge is 2.46. The van der Waals surface area contributed by atoms with Crippen molar-refractivity contribution in [2.75, 3.05) is 0 Å². The topological polar surface area (TPSA) is 25.8 Å². The van der Waals surface area contributed by atoms with E-state index in [9.17, 15) is 0 Å². The molecule has 10 aromatic carbocycles. The Kier molecular flexibility index (Phi) is 8.11. The normalized spacial score (nSPS) is 12.7. The van der Waals surface area contributed by atoms with Gasteiger partial charge < -0.3 is 0 Å². The first-order chi connectivity index (χ1) is 30.2. The maximum absolute atomic E-state index is 5.31. The highest BCUT2D eigenvalue weighted by molar-refractivity contribution is 6.20. The molecule has 0 bridgehead atoms. The molecule has 0 unspecified atom stereocenters. The number of rotatable bonds is 6. The third-order valence-corrected chi connectivity index (χ3v) is 12.8. The largest absolute Gasteiger partial charge is 0.228 e. The van der Waals surface area contributed by atoms with Gasteiger partial charge in [0.15, 0.2) is 5.82 Å². The van der Waals surface area contributed by atoms with Gasteiger partial charge in [-0.25, -0.2) is 9.97 Å². The molecule has 0 atom stereocenters. The maximum Gasteiger partial charge on any atom is 0.160 e. The fourth-order valence-electron chi connectivity index (χ4n) is 10.0. The molecule has 0 N–H and O–H groups in total. The van der Waals surface area contributed by atoms with Crippen LogP contribution in [0.4, 0.5) is 0 Å². The van der Waals surface area contributed by atoms with E-state index in [1.807, 2.05) is 6.07 Å². The molecule has 1 aliphatic rings. The first-order valence-electron chi connectivity index (χ1n) is 21.0. The van der Waals surface area contributed by atoms with Gasteiger partial charge in [-0.15, -0.1) is 0 Å². The van der Waals surface area contributed by atoms with Crippen LogP contribution in [0.25, 0.3) is 88.5 Å². The van der Waals surface area contributed by atoms with Crippen LogP contribution >= 0.6 is 0 Å². The van der Waals surface area contributed by atoms with Crippen molar-refractivity contribution in [3.05, 3.63) is 253 Å². The second kappa shape index (κ2) is 14.1. The first kappa shape index (κ1) is 35.0. The van der Waals surface area contributed by atoms with Crippen molar-refractivity contribution in [1.29, 1.82) is 0 Å². The zero-order chi connectivity index (χ0) is 40.3. The molecule has 1 aromatic heterocycles. The second-order valence-corrected chi connectivity index (χ2v) is 16.0. The minimum Gasteiger partial charge on any atom is -0.228 e. The second-order valence-electron chi connectivity index (χ2n) is 16.0. The molecule has 0 saturated carbocycles. The van der Waals surface area contributed by atoms with Gasteiger partial charge in [-0.2, -0.15) is 0 Å². The lowest BCUT2D eigenvalue weighted by atomic mass is 9.67. The van der Waals surface area contributed by atoms with E-state index < -0.39 is 5.41 Å². The molecule has 1 aliphatic carbocycles. The summed E-state index contributed by atoms with van der Waals surface area (Å²) in [7, 11) is 0. The van der Waals surface area contributed by atoms with E-state index >= 15 is 0 Å². The molecule has 2 nitrogen and oxygen atoms in total. The molecule has 0 aliphatic heterocycles. The van der Waals surface area contributed by atoms with Gasteiger partial charge in [0.1, 0.15) is 0 Å². The molecular formula is C59H38N2. The summed E-state index contributed by atoms with van der Waals surface area (Å²) in [5.41, 5.74) is 14.3. The molecule has 61 heavy (non-hydrogen) atoms. The van der Waals surface area contributed by atoms with E-state index in [2.05, 4.69) is 224 Å². The van der Waals surface area contributed by atoms with Crippen LogP contribution in [-0.2, 0) is 5.41 Å². The van der Waals surface area contributed by atoms with Crippen LogP contribution in [0.3, 0.4) is 0 Å². The number of fused-ring (bicyclic) bond motifs is 7. The zero-order valence-electron chi connectivity index (χ0n) is 33.3. The van der Waals surface area contributed by atoms with E-state index in [4.69, 9.17) is 9.97 Å². The van der Waals surface area contributed by atoms with Crippen molar-refractivity contribution in [2.45, 2.75) is 5.41 Å². The summed E-state index contributed by atoms with van der Waals surface area (Å²) in [5, 5.41) is 7.52. The molecule has 284 valence electrons.